The largest absolute Gasteiger partial charge is 0.387 e. The summed E-state index contributed by atoms with van der Waals surface area (Å²) in [5, 5.41) is 8.55. The molecule has 10 nitrogen and oxygen atoms in total. The molecule has 0 radical (unpaired) electrons. The van der Waals surface area contributed by atoms with Gasteiger partial charge in [0.05, 0.1) is 40.6 Å². The number of anilines is 3. The second kappa shape index (κ2) is 10.6. The zero-order chi connectivity index (χ0) is 27.8. The fourth-order valence-electron chi connectivity index (χ4n) is 4.78. The molecule has 1 aliphatic heterocycles. The van der Waals surface area contributed by atoms with Gasteiger partial charge in [-0.3, -0.25) is 0 Å². The van der Waals surface area contributed by atoms with E-state index in [9.17, 15) is 13.2 Å². The molecule has 2 heterocycles. The third kappa shape index (κ3) is 5.13. The number of benzene rings is 2. The number of morpholine rings is 1. The molecule has 39 heavy (non-hydrogen) atoms. The predicted octanol–water partition coefficient (Wildman–Crippen LogP) is 4.28. The smallest absolute Gasteiger partial charge is 0.318 e. The maximum absolute atomic E-state index is 14.0. The summed E-state index contributed by atoms with van der Waals surface area (Å²) in [6.07, 6.45) is 0.897. The molecule has 3 N–H and O–H groups in total. The number of aromatic nitrogens is 2. The van der Waals surface area contributed by atoms with E-state index in [1.165, 1.54) is 6.07 Å². The van der Waals surface area contributed by atoms with Gasteiger partial charge in [0.2, 0.25) is 0 Å². The van der Waals surface area contributed by atoms with Crippen molar-refractivity contribution in [3.63, 3.8) is 0 Å². The summed E-state index contributed by atoms with van der Waals surface area (Å²) in [6, 6.07) is 13.4. The number of hydrogen-bond acceptors (Lipinski definition) is 8. The van der Waals surface area contributed by atoms with Gasteiger partial charge in [0.1, 0.15) is 10.6 Å². The number of carbonyl (C=O) groups is 1. The van der Waals surface area contributed by atoms with Crippen LogP contribution in [-0.4, -0.2) is 64.3 Å². The van der Waals surface area contributed by atoms with Gasteiger partial charge in [0, 0.05) is 38.0 Å². The van der Waals surface area contributed by atoms with Crippen LogP contribution >= 0.6 is 11.6 Å². The van der Waals surface area contributed by atoms with E-state index in [1.807, 2.05) is 0 Å². The molecule has 206 valence electrons. The molecule has 2 aromatic carbocycles. The van der Waals surface area contributed by atoms with Gasteiger partial charge in [0.15, 0.2) is 15.7 Å². The van der Waals surface area contributed by atoms with Gasteiger partial charge in [-0.2, -0.15) is 0 Å². The average Bonchev–Trinajstić information content (AvgIpc) is 3.76. The molecule has 1 aliphatic carbocycles. The first kappa shape index (κ1) is 27.2. The number of hydrogen-bond donors (Lipinski definition) is 3. The van der Waals surface area contributed by atoms with Crippen molar-refractivity contribution in [3.05, 3.63) is 59.2 Å². The Labute approximate surface area is 233 Å². The summed E-state index contributed by atoms with van der Waals surface area (Å²) >= 11 is 6.35. The number of sulfone groups is 1. The molecule has 2 fully saturated rings. The predicted molar refractivity (Wildman–Crippen MR) is 152 cm³/mol. The Balaban J connectivity index is 1.59. The zero-order valence-corrected chi connectivity index (χ0v) is 23.6. The summed E-state index contributed by atoms with van der Waals surface area (Å²) in [5.74, 6) is 1.07. The highest BCUT2D eigenvalue weighted by atomic mass is 35.5. The van der Waals surface area contributed by atoms with Crippen molar-refractivity contribution in [2.24, 2.45) is 0 Å². The minimum Gasteiger partial charge on any atom is -0.387 e. The average molecular weight is 571 g/mol. The minimum atomic E-state index is -3.81. The Morgan fingerprint density at radius 1 is 1.10 bits per heavy atom. The van der Waals surface area contributed by atoms with Crippen molar-refractivity contribution in [2.75, 3.05) is 49.4 Å². The normalized spacial score (nSPS) is 18.4. The SMILES string of the molecule is CNC(=O)Nc1ccc(-c2nc(N3CCOC[C@@H]3C)cc(C3(S(=O)(=O)c4ccc(NC)c(Cl)c4)CC3)n2)cc1. The van der Waals surface area contributed by atoms with Crippen LogP contribution in [-0.2, 0) is 19.3 Å². The van der Waals surface area contributed by atoms with E-state index in [-0.39, 0.29) is 17.0 Å². The van der Waals surface area contributed by atoms with Crippen molar-refractivity contribution in [3.8, 4) is 11.4 Å². The first-order chi connectivity index (χ1) is 18.7. The summed E-state index contributed by atoms with van der Waals surface area (Å²) in [6.45, 7) is 3.79. The number of nitrogens with one attached hydrogen (secondary N) is 3. The van der Waals surface area contributed by atoms with Crippen LogP contribution < -0.4 is 20.9 Å². The number of nitrogens with zero attached hydrogens (tertiary/aromatic N) is 3. The van der Waals surface area contributed by atoms with Gasteiger partial charge in [-0.05, 0) is 62.2 Å². The topological polar surface area (TPSA) is 126 Å². The number of ether oxygens (including phenoxy) is 1. The van der Waals surface area contributed by atoms with E-state index in [4.69, 9.17) is 26.3 Å². The first-order valence-corrected chi connectivity index (χ1v) is 14.6. The highest BCUT2D eigenvalue weighted by molar-refractivity contribution is 7.92. The lowest BCUT2D eigenvalue weighted by Gasteiger charge is -2.34. The van der Waals surface area contributed by atoms with E-state index in [1.54, 1.807) is 56.6 Å². The molecule has 1 aromatic heterocycles. The quantitative estimate of drug-likeness (QED) is 0.384. The molecular formula is C27H31ClN6O4S. The van der Waals surface area contributed by atoms with Crippen molar-refractivity contribution < 1.29 is 17.9 Å². The maximum Gasteiger partial charge on any atom is 0.318 e. The van der Waals surface area contributed by atoms with Crippen molar-refractivity contribution in [2.45, 2.75) is 35.4 Å². The number of urea groups is 1. The van der Waals surface area contributed by atoms with E-state index < -0.39 is 14.6 Å². The highest BCUT2D eigenvalue weighted by Crippen LogP contribution is 2.55. The Morgan fingerprint density at radius 2 is 1.85 bits per heavy atom. The van der Waals surface area contributed by atoms with Gasteiger partial charge in [0.25, 0.3) is 0 Å². The number of rotatable bonds is 7. The molecule has 12 heteroatoms. The molecule has 0 spiro atoms. The maximum atomic E-state index is 14.0. The molecule has 3 aromatic rings. The number of amides is 2. The summed E-state index contributed by atoms with van der Waals surface area (Å²) in [7, 11) is -0.536. The van der Waals surface area contributed by atoms with E-state index in [0.717, 1.165) is 0 Å². The summed E-state index contributed by atoms with van der Waals surface area (Å²) in [4.78, 5) is 23.6. The van der Waals surface area contributed by atoms with Gasteiger partial charge in [-0.1, -0.05) is 11.6 Å². The van der Waals surface area contributed by atoms with Crippen LogP contribution in [0.3, 0.4) is 0 Å². The zero-order valence-electron chi connectivity index (χ0n) is 22.0. The van der Waals surface area contributed by atoms with Crippen LogP contribution in [0.5, 0.6) is 0 Å². The van der Waals surface area contributed by atoms with E-state index in [2.05, 4.69) is 27.8 Å². The third-order valence-corrected chi connectivity index (χ3v) is 10.0. The molecule has 2 aliphatic rings. The summed E-state index contributed by atoms with van der Waals surface area (Å²) in [5.41, 5.74) is 2.43. The van der Waals surface area contributed by atoms with Crippen molar-refractivity contribution in [1.29, 1.82) is 0 Å². The second-order valence-electron chi connectivity index (χ2n) is 9.72. The summed E-state index contributed by atoms with van der Waals surface area (Å²) < 4.78 is 32.5. The van der Waals surface area contributed by atoms with Crippen LogP contribution in [0, 0.1) is 0 Å². The van der Waals surface area contributed by atoms with E-state index >= 15 is 0 Å². The van der Waals surface area contributed by atoms with Crippen LogP contribution in [0.1, 0.15) is 25.5 Å². The van der Waals surface area contributed by atoms with Crippen LogP contribution in [0.2, 0.25) is 5.02 Å². The second-order valence-corrected chi connectivity index (χ2v) is 12.4. The molecule has 1 atom stereocenters. The van der Waals surface area contributed by atoms with Gasteiger partial charge < -0.3 is 25.6 Å². The molecular weight excluding hydrogens is 540 g/mol. The number of carbonyl (C=O) groups excluding carboxylic acids is 1. The third-order valence-electron chi connectivity index (χ3n) is 7.21. The first-order valence-electron chi connectivity index (χ1n) is 12.7. The fourth-order valence-corrected chi connectivity index (χ4v) is 7.11. The van der Waals surface area contributed by atoms with Crippen LogP contribution in [0.25, 0.3) is 11.4 Å². The van der Waals surface area contributed by atoms with Crippen molar-refractivity contribution in [1.82, 2.24) is 15.3 Å². The lowest BCUT2D eigenvalue weighted by molar-refractivity contribution is 0.0985. The van der Waals surface area contributed by atoms with Gasteiger partial charge >= 0.3 is 6.03 Å². The monoisotopic (exact) mass is 570 g/mol. The molecule has 0 bridgehead atoms. The van der Waals surface area contributed by atoms with Gasteiger partial charge in [-0.25, -0.2) is 23.2 Å². The standard InChI is InChI=1S/C27H31ClN6O4S/c1-17-16-38-13-12-34(17)24-15-23(32-25(33-24)18-4-6-19(7-5-18)31-26(35)30-3)27(10-11-27)39(36,37)20-8-9-22(29-2)21(28)14-20/h4-9,14-15,17,29H,10-13,16H2,1-3H3,(H2,30,31,35)/t17-/m0/s1. The molecule has 0 unspecified atom stereocenters. The van der Waals surface area contributed by atoms with Crippen molar-refractivity contribution >= 4 is 44.7 Å². The van der Waals surface area contributed by atoms with Gasteiger partial charge in [-0.15, -0.1) is 0 Å². The molecule has 1 saturated heterocycles. The molecule has 5 rings (SSSR count). The Morgan fingerprint density at radius 3 is 2.46 bits per heavy atom. The highest BCUT2D eigenvalue weighted by Gasteiger charge is 2.58. The fraction of sp³-hybridized carbons (Fsp3) is 0.370. The van der Waals surface area contributed by atoms with Crippen LogP contribution in [0.15, 0.2) is 53.4 Å². The van der Waals surface area contributed by atoms with Crippen LogP contribution in [0.4, 0.5) is 22.0 Å². The lowest BCUT2D eigenvalue weighted by atomic mass is 10.1. The number of halogens is 1. The molecule has 2 amide bonds. The Kier molecular flexibility index (Phi) is 7.41. The lowest BCUT2D eigenvalue weighted by Crippen LogP contribution is -2.44. The molecule has 1 saturated carbocycles. The Bertz CT molecular complexity index is 1490. The van der Waals surface area contributed by atoms with E-state index in [0.29, 0.717) is 71.9 Å². The Hall–Kier alpha value is -3.41. The minimum absolute atomic E-state index is 0.0631.